The lowest BCUT2D eigenvalue weighted by Gasteiger charge is -1.97. The Morgan fingerprint density at radius 3 is 2.75 bits per heavy atom. The van der Waals surface area contributed by atoms with Crippen LogP contribution in [-0.4, -0.2) is 18.0 Å². The fourth-order valence-electron chi connectivity index (χ4n) is 0.364. The minimum Gasteiger partial charge on any atom is -0.318 e. The molecule has 0 atom stereocenters. The summed E-state index contributed by atoms with van der Waals surface area (Å²) in [5.41, 5.74) is 0. The summed E-state index contributed by atoms with van der Waals surface area (Å²) < 4.78 is 0. The maximum atomic E-state index is 10.2. The number of carbonyl (C=O) groups excluding carboxylic acids is 2. The van der Waals surface area contributed by atoms with E-state index in [1.165, 1.54) is 0 Å². The van der Waals surface area contributed by atoms with Crippen LogP contribution in [0.5, 0.6) is 0 Å². The molecule has 0 aromatic carbocycles. The number of nitrogens with zero attached hydrogens (tertiary/aromatic N) is 1. The molecule has 0 aromatic heterocycles. The molecule has 1 aliphatic heterocycles. The van der Waals surface area contributed by atoms with E-state index < -0.39 is 5.97 Å². The molecule has 0 aromatic rings. The van der Waals surface area contributed by atoms with Crippen LogP contribution in [0.3, 0.4) is 0 Å². The lowest BCUT2D eigenvalue weighted by molar-refractivity contribution is -0.146. The van der Waals surface area contributed by atoms with Crippen LogP contribution in [0.4, 0.5) is 0 Å². The summed E-state index contributed by atoms with van der Waals surface area (Å²) in [6.07, 6.45) is 0.810. The first-order chi connectivity index (χ1) is 3.79. The van der Waals surface area contributed by atoms with E-state index in [0.717, 1.165) is 6.21 Å². The topological polar surface area (TPSA) is 55.7 Å². The molecule has 0 amide bonds. The zero-order valence-corrected chi connectivity index (χ0v) is 3.96. The molecule has 0 spiro atoms. The van der Waals surface area contributed by atoms with E-state index >= 15 is 0 Å². The van der Waals surface area contributed by atoms with Crippen LogP contribution < -0.4 is 0 Å². The second-order valence-electron chi connectivity index (χ2n) is 1.34. The Morgan fingerprint density at radius 1 is 1.62 bits per heavy atom. The number of Topliss-reactive ketones (excluding diaryl/α,β-unsaturated/α-hetero) is 1. The van der Waals surface area contributed by atoms with Crippen LogP contribution in [0.1, 0.15) is 6.42 Å². The quantitative estimate of drug-likeness (QED) is 0.314. The predicted molar refractivity (Wildman–Crippen MR) is 24.2 cm³/mol. The number of hydrogen-bond acceptors (Lipinski definition) is 4. The maximum absolute atomic E-state index is 10.2. The van der Waals surface area contributed by atoms with Crippen LogP contribution in [0.15, 0.2) is 5.16 Å². The monoisotopic (exact) mass is 113 g/mol. The zero-order chi connectivity index (χ0) is 5.98. The Balaban J connectivity index is 2.68. The van der Waals surface area contributed by atoms with Gasteiger partial charge in [-0.2, -0.15) is 0 Å². The number of carbonyl (C=O) groups is 2. The largest absolute Gasteiger partial charge is 0.342 e. The zero-order valence-electron chi connectivity index (χ0n) is 3.96. The molecule has 0 N–H and O–H groups in total. The standard InChI is InChI=1S/C4H3NO3/c6-3-1-4(7)8-5-2-3/h2H,1H2. The summed E-state index contributed by atoms with van der Waals surface area (Å²) in [7, 11) is 0. The van der Waals surface area contributed by atoms with E-state index in [1.54, 1.807) is 0 Å². The van der Waals surface area contributed by atoms with Crippen LogP contribution >= 0.6 is 0 Å². The molecule has 42 valence electrons. The molecule has 8 heavy (non-hydrogen) atoms. The normalized spacial score (nSPS) is 18.5. The molecular formula is C4H3NO3. The van der Waals surface area contributed by atoms with E-state index in [1.807, 2.05) is 0 Å². The third-order valence-corrected chi connectivity index (χ3v) is 0.670. The van der Waals surface area contributed by atoms with Crippen molar-refractivity contribution in [3.8, 4) is 0 Å². The van der Waals surface area contributed by atoms with E-state index in [9.17, 15) is 9.59 Å². The molecule has 0 bridgehead atoms. The van der Waals surface area contributed by atoms with Gasteiger partial charge < -0.3 is 4.84 Å². The Morgan fingerprint density at radius 2 is 2.38 bits per heavy atom. The van der Waals surface area contributed by atoms with Crippen LogP contribution in [0, 0.1) is 0 Å². The summed E-state index contributed by atoms with van der Waals surface area (Å²) in [5, 5.41) is 3.02. The average Bonchev–Trinajstić information content (AvgIpc) is 1.64. The van der Waals surface area contributed by atoms with Crippen molar-refractivity contribution in [2.24, 2.45) is 5.16 Å². The van der Waals surface area contributed by atoms with E-state index in [2.05, 4.69) is 9.99 Å². The van der Waals surface area contributed by atoms with Crippen molar-refractivity contribution in [2.75, 3.05) is 0 Å². The van der Waals surface area contributed by atoms with Crippen molar-refractivity contribution in [3.05, 3.63) is 0 Å². The SMILES string of the molecule is O=C1C=NOC(=O)C1. The van der Waals surface area contributed by atoms with E-state index in [0.29, 0.717) is 0 Å². The van der Waals surface area contributed by atoms with Gasteiger partial charge in [-0.3, -0.25) is 4.79 Å². The van der Waals surface area contributed by atoms with Gasteiger partial charge in [0.25, 0.3) is 0 Å². The van der Waals surface area contributed by atoms with Gasteiger partial charge in [0.05, 0.1) is 0 Å². The Kier molecular flexibility index (Phi) is 1.07. The molecule has 1 rings (SSSR count). The first-order valence-corrected chi connectivity index (χ1v) is 2.05. The summed E-state index contributed by atoms with van der Waals surface area (Å²) in [5.74, 6) is -0.890. The highest BCUT2D eigenvalue weighted by Crippen LogP contribution is 1.92. The van der Waals surface area contributed by atoms with Crippen LogP contribution in [0.2, 0.25) is 0 Å². The highest BCUT2D eigenvalue weighted by molar-refractivity contribution is 6.32. The third-order valence-electron chi connectivity index (χ3n) is 0.670. The Hall–Kier alpha value is -1.19. The third kappa shape index (κ3) is 0.900. The van der Waals surface area contributed by atoms with Crippen molar-refractivity contribution in [1.29, 1.82) is 0 Å². The summed E-state index contributed by atoms with van der Waals surface area (Å²) in [6.45, 7) is 0. The Labute approximate surface area is 45.1 Å². The van der Waals surface area contributed by atoms with Crippen molar-refractivity contribution >= 4 is 18.0 Å². The molecule has 4 nitrogen and oxygen atoms in total. The van der Waals surface area contributed by atoms with Crippen molar-refractivity contribution in [2.45, 2.75) is 6.42 Å². The van der Waals surface area contributed by atoms with Gasteiger partial charge in [0.15, 0.2) is 5.78 Å². The van der Waals surface area contributed by atoms with Gasteiger partial charge in [0.2, 0.25) is 0 Å². The van der Waals surface area contributed by atoms with Gasteiger partial charge in [0, 0.05) is 0 Å². The van der Waals surface area contributed by atoms with E-state index in [-0.39, 0.29) is 12.2 Å². The summed E-state index contributed by atoms with van der Waals surface area (Å²) in [4.78, 5) is 24.4. The van der Waals surface area contributed by atoms with Crippen molar-refractivity contribution in [1.82, 2.24) is 0 Å². The first-order valence-electron chi connectivity index (χ1n) is 2.05. The second-order valence-corrected chi connectivity index (χ2v) is 1.34. The van der Waals surface area contributed by atoms with Gasteiger partial charge in [-0.25, -0.2) is 4.79 Å². The smallest absolute Gasteiger partial charge is 0.318 e. The number of rotatable bonds is 0. The summed E-state index contributed by atoms with van der Waals surface area (Å²) >= 11 is 0. The number of hydrogen-bond donors (Lipinski definition) is 0. The molecule has 0 saturated carbocycles. The highest BCUT2D eigenvalue weighted by Gasteiger charge is 2.12. The molecule has 1 aliphatic rings. The van der Waals surface area contributed by atoms with Gasteiger partial charge in [-0.15, -0.1) is 0 Å². The van der Waals surface area contributed by atoms with Gasteiger partial charge in [-0.1, -0.05) is 5.16 Å². The van der Waals surface area contributed by atoms with Gasteiger partial charge in [-0.05, 0) is 0 Å². The molecule has 0 aliphatic carbocycles. The minimum absolute atomic E-state index is 0.177. The molecule has 0 saturated heterocycles. The second kappa shape index (κ2) is 1.73. The predicted octanol–water partition coefficient (Wildman–Crippen LogP) is -0.512. The highest BCUT2D eigenvalue weighted by atomic mass is 16.7. The number of ketones is 1. The fourth-order valence-corrected chi connectivity index (χ4v) is 0.364. The van der Waals surface area contributed by atoms with Crippen LogP contribution in [-0.2, 0) is 14.4 Å². The maximum Gasteiger partial charge on any atom is 0.342 e. The molecule has 1 heterocycles. The van der Waals surface area contributed by atoms with Crippen LogP contribution in [0.25, 0.3) is 0 Å². The van der Waals surface area contributed by atoms with E-state index in [4.69, 9.17) is 0 Å². The van der Waals surface area contributed by atoms with Crippen molar-refractivity contribution < 1.29 is 14.4 Å². The van der Waals surface area contributed by atoms with Gasteiger partial charge in [0.1, 0.15) is 12.6 Å². The molecular weight excluding hydrogens is 110 g/mol. The lowest BCUT2D eigenvalue weighted by Crippen LogP contribution is -2.14. The van der Waals surface area contributed by atoms with Gasteiger partial charge >= 0.3 is 5.97 Å². The number of oxime groups is 1. The first kappa shape index (κ1) is 4.96. The fraction of sp³-hybridized carbons (Fsp3) is 0.250. The lowest BCUT2D eigenvalue weighted by atomic mass is 10.3. The molecule has 0 unspecified atom stereocenters. The minimum atomic E-state index is -0.586. The summed E-state index contributed by atoms with van der Waals surface area (Å²) in [6, 6.07) is 0. The van der Waals surface area contributed by atoms with Crippen molar-refractivity contribution in [3.63, 3.8) is 0 Å². The molecule has 0 fully saturated rings. The molecule has 4 heteroatoms. The Bertz CT molecular complexity index is 161. The molecule has 0 radical (unpaired) electrons. The average molecular weight is 113 g/mol.